The zero-order valence-electron chi connectivity index (χ0n) is 18.2. The summed E-state index contributed by atoms with van der Waals surface area (Å²) in [6, 6.07) is 9.96. The van der Waals surface area contributed by atoms with Crippen molar-refractivity contribution in [2.24, 2.45) is 10.8 Å². The first-order valence-corrected chi connectivity index (χ1v) is 11.1. The third-order valence-corrected chi connectivity index (χ3v) is 8.02. The summed E-state index contributed by atoms with van der Waals surface area (Å²) in [5, 5.41) is 20.9. The summed E-state index contributed by atoms with van der Waals surface area (Å²) in [5.74, 6) is -0.401. The molecule has 2 aromatic rings. The first-order chi connectivity index (χ1) is 15.2. The average Bonchev–Trinajstić information content (AvgIpc) is 3.01. The van der Waals surface area contributed by atoms with E-state index in [1.807, 2.05) is 16.8 Å². The summed E-state index contributed by atoms with van der Waals surface area (Å²) < 4.78 is 8.06. The molecule has 4 fully saturated rings. The molecule has 1 N–H and O–H groups in total. The van der Waals surface area contributed by atoms with Gasteiger partial charge in [-0.05, 0) is 69.7 Å². The summed E-state index contributed by atoms with van der Waals surface area (Å²) >= 11 is 0. The first kappa shape index (κ1) is 19.4. The van der Waals surface area contributed by atoms with Crippen LogP contribution in [0.4, 0.5) is 0 Å². The number of carbonyl (C=O) groups is 1. The average molecular weight is 431 g/mol. The maximum Gasteiger partial charge on any atom is 0.341 e. The van der Waals surface area contributed by atoms with Gasteiger partial charge >= 0.3 is 5.97 Å². The lowest BCUT2D eigenvalue weighted by Gasteiger charge is -2.66. The van der Waals surface area contributed by atoms with E-state index in [-0.39, 0.29) is 28.0 Å². The summed E-state index contributed by atoms with van der Waals surface area (Å²) in [5.41, 5.74) is 1.97. The number of ether oxygens (including phenoxy) is 1. The van der Waals surface area contributed by atoms with E-state index in [4.69, 9.17) is 4.74 Å². The van der Waals surface area contributed by atoms with Gasteiger partial charge in [0, 0.05) is 23.2 Å². The fourth-order valence-electron chi connectivity index (χ4n) is 6.59. The van der Waals surface area contributed by atoms with Crippen LogP contribution < -0.4 is 15.2 Å². The molecular weight excluding hydrogens is 406 g/mol. The number of nitrogens with zero attached hydrogens (tertiary/aromatic N) is 3. The van der Waals surface area contributed by atoms with Gasteiger partial charge in [-0.15, -0.1) is 0 Å². The van der Waals surface area contributed by atoms with Gasteiger partial charge in [0.15, 0.2) is 5.43 Å². The van der Waals surface area contributed by atoms with E-state index >= 15 is 0 Å². The molecule has 7 rings (SSSR count). The van der Waals surface area contributed by atoms with Crippen LogP contribution in [0.15, 0.2) is 35.3 Å². The van der Waals surface area contributed by atoms with Gasteiger partial charge in [-0.3, -0.25) is 14.5 Å². The van der Waals surface area contributed by atoms with Crippen molar-refractivity contribution in [3.63, 3.8) is 0 Å². The van der Waals surface area contributed by atoms with Crippen LogP contribution in [0.25, 0.3) is 11.3 Å². The molecule has 0 amide bonds. The zero-order chi connectivity index (χ0) is 22.5. The Morgan fingerprint density at radius 1 is 1.28 bits per heavy atom. The van der Waals surface area contributed by atoms with Crippen molar-refractivity contribution in [3.05, 3.63) is 51.8 Å². The van der Waals surface area contributed by atoms with Crippen LogP contribution in [0, 0.1) is 22.2 Å². The fourth-order valence-corrected chi connectivity index (χ4v) is 6.59. The molecule has 1 aromatic heterocycles. The number of carboxylic acids is 1. The monoisotopic (exact) mass is 431 g/mol. The standard InChI is InChI=1S/C25H25N3O4/c1-23(2)6-5-19-17-7-15(32-14-25-10-24(11-25,12-25)13-26)3-4-16(17)20-8-21(29)18(22(30)31)9-27(20)28(19)23/h3-4,7-9,19H,5-6,10-12,14H2,1-2H3,(H,30,31)/t19-,24?,25?/m1/s1. The number of nitriles is 1. The molecule has 3 aliphatic carbocycles. The van der Waals surface area contributed by atoms with Gasteiger partial charge in [0.05, 0.1) is 35.4 Å². The topological polar surface area (TPSA) is 95.6 Å². The van der Waals surface area contributed by atoms with E-state index in [1.54, 1.807) is 0 Å². The summed E-state index contributed by atoms with van der Waals surface area (Å²) in [4.78, 5) is 24.1. The van der Waals surface area contributed by atoms with Crippen LogP contribution >= 0.6 is 0 Å². The smallest absolute Gasteiger partial charge is 0.341 e. The Kier molecular flexibility index (Phi) is 3.61. The molecule has 7 nitrogen and oxygen atoms in total. The van der Waals surface area contributed by atoms with Crippen molar-refractivity contribution in [2.75, 3.05) is 11.6 Å². The summed E-state index contributed by atoms with van der Waals surface area (Å²) in [6.07, 6.45) is 6.18. The second-order valence-corrected chi connectivity index (χ2v) is 10.8. The third kappa shape index (κ3) is 2.46. The van der Waals surface area contributed by atoms with Gasteiger partial charge in [0.25, 0.3) is 0 Å². The molecule has 3 saturated carbocycles. The van der Waals surface area contributed by atoms with Crippen LogP contribution in [0.2, 0.25) is 0 Å². The highest BCUT2D eigenvalue weighted by molar-refractivity contribution is 5.88. The van der Waals surface area contributed by atoms with Crippen molar-refractivity contribution in [1.29, 1.82) is 5.26 Å². The highest BCUT2D eigenvalue weighted by Crippen LogP contribution is 2.72. The lowest BCUT2D eigenvalue weighted by molar-refractivity contribution is -0.181. The highest BCUT2D eigenvalue weighted by atomic mass is 16.5. The van der Waals surface area contributed by atoms with E-state index in [2.05, 4.69) is 31.0 Å². The van der Waals surface area contributed by atoms with Gasteiger partial charge < -0.3 is 9.84 Å². The number of fused-ring (bicyclic) bond motifs is 6. The van der Waals surface area contributed by atoms with E-state index in [0.29, 0.717) is 12.3 Å². The minimum Gasteiger partial charge on any atom is -0.493 e. The van der Waals surface area contributed by atoms with Crippen molar-refractivity contribution in [3.8, 4) is 23.1 Å². The molecule has 1 saturated heterocycles. The Balaban J connectivity index is 1.38. The second-order valence-electron chi connectivity index (χ2n) is 10.8. The Morgan fingerprint density at radius 3 is 2.72 bits per heavy atom. The molecule has 0 unspecified atom stereocenters. The third-order valence-electron chi connectivity index (χ3n) is 8.02. The van der Waals surface area contributed by atoms with Crippen LogP contribution in [0.5, 0.6) is 5.75 Å². The van der Waals surface area contributed by atoms with Gasteiger partial charge in [0.1, 0.15) is 11.3 Å². The minimum atomic E-state index is -1.21. The van der Waals surface area contributed by atoms with Crippen LogP contribution in [0.1, 0.15) is 67.9 Å². The van der Waals surface area contributed by atoms with Gasteiger partial charge in [-0.2, -0.15) is 5.26 Å². The molecule has 3 heterocycles. The number of hydrogen-bond donors (Lipinski definition) is 1. The van der Waals surface area contributed by atoms with Gasteiger partial charge in [-0.1, -0.05) is 0 Å². The molecule has 0 spiro atoms. The molecule has 2 bridgehead atoms. The molecule has 2 aliphatic heterocycles. The summed E-state index contributed by atoms with van der Waals surface area (Å²) in [6.45, 7) is 4.93. The Bertz CT molecular complexity index is 1270. The number of carboxylic acid groups (broad SMARTS) is 1. The molecule has 5 aliphatic rings. The normalized spacial score (nSPS) is 30.2. The fraction of sp³-hybridized carbons (Fsp3) is 0.480. The van der Waals surface area contributed by atoms with Crippen LogP contribution in [-0.4, -0.2) is 27.9 Å². The first-order valence-electron chi connectivity index (χ1n) is 11.1. The Morgan fingerprint density at radius 2 is 2.03 bits per heavy atom. The molecule has 1 atom stereocenters. The van der Waals surface area contributed by atoms with Crippen molar-refractivity contribution in [2.45, 2.75) is 57.5 Å². The van der Waals surface area contributed by atoms with E-state index in [1.165, 1.54) is 12.3 Å². The number of hydrogen-bond acceptors (Lipinski definition) is 5. The molecule has 32 heavy (non-hydrogen) atoms. The van der Waals surface area contributed by atoms with Crippen LogP contribution in [0.3, 0.4) is 0 Å². The highest BCUT2D eigenvalue weighted by Gasteiger charge is 2.68. The van der Waals surface area contributed by atoms with E-state index in [9.17, 15) is 20.0 Å². The Labute approximate surface area is 185 Å². The molecule has 164 valence electrons. The minimum absolute atomic E-state index is 0.0806. The van der Waals surface area contributed by atoms with Gasteiger partial charge in [0.2, 0.25) is 0 Å². The van der Waals surface area contributed by atoms with E-state index in [0.717, 1.165) is 49.0 Å². The predicted molar refractivity (Wildman–Crippen MR) is 117 cm³/mol. The van der Waals surface area contributed by atoms with Crippen LogP contribution in [-0.2, 0) is 0 Å². The number of aromatic carboxylic acids is 1. The van der Waals surface area contributed by atoms with Crippen molar-refractivity contribution >= 4 is 5.97 Å². The molecule has 7 heteroatoms. The van der Waals surface area contributed by atoms with Crippen molar-refractivity contribution < 1.29 is 14.6 Å². The summed E-state index contributed by atoms with van der Waals surface area (Å²) in [7, 11) is 0. The SMILES string of the molecule is CC1(C)CC[C@@H]2c3cc(OCC45CC(C#N)(C4)C5)ccc3-c3cc(=O)c(C(=O)O)cn3N21. The number of rotatable bonds is 4. The lowest BCUT2D eigenvalue weighted by Crippen LogP contribution is -2.63. The maximum absolute atomic E-state index is 12.5. The largest absolute Gasteiger partial charge is 0.493 e. The second kappa shape index (κ2) is 5.94. The lowest BCUT2D eigenvalue weighted by atomic mass is 9.36. The quantitative estimate of drug-likeness (QED) is 0.790. The number of aromatic nitrogens is 1. The van der Waals surface area contributed by atoms with Gasteiger partial charge in [-0.25, -0.2) is 4.79 Å². The maximum atomic E-state index is 12.5. The molecular formula is C25H25N3O4. The van der Waals surface area contributed by atoms with E-state index < -0.39 is 11.4 Å². The van der Waals surface area contributed by atoms with Crippen molar-refractivity contribution in [1.82, 2.24) is 4.68 Å². The molecule has 1 aromatic carbocycles. The number of pyridine rings is 1. The predicted octanol–water partition coefficient (Wildman–Crippen LogP) is 3.85. The molecule has 0 radical (unpaired) electrons. The number of benzene rings is 1. The Hall–Kier alpha value is -3.27. The zero-order valence-corrected chi connectivity index (χ0v) is 18.2.